The summed E-state index contributed by atoms with van der Waals surface area (Å²) in [5.74, 6) is -0.0199. The van der Waals surface area contributed by atoms with E-state index >= 15 is 0 Å². The van der Waals surface area contributed by atoms with Gasteiger partial charge in [-0.2, -0.15) is 0 Å². The molecule has 3 nitrogen and oxygen atoms in total. The molecule has 1 heterocycles. The molecule has 0 spiro atoms. The molecule has 2 atom stereocenters. The average Bonchev–Trinajstić information content (AvgIpc) is 2.73. The number of hydrogen-bond donors (Lipinski definition) is 1. The molecule has 2 fully saturated rings. The number of hydrogen-bond acceptors (Lipinski definition) is 2. The first-order valence-corrected chi connectivity index (χ1v) is 7.02. The second-order valence-corrected chi connectivity index (χ2v) is 7.00. The summed E-state index contributed by atoms with van der Waals surface area (Å²) in [7, 11) is 0. The van der Waals surface area contributed by atoms with E-state index in [0.717, 1.165) is 13.1 Å². The third-order valence-corrected chi connectivity index (χ3v) is 5.18. The van der Waals surface area contributed by atoms with Crippen LogP contribution >= 0.6 is 23.2 Å². The van der Waals surface area contributed by atoms with Gasteiger partial charge in [0.05, 0.1) is 5.41 Å². The first kappa shape index (κ1) is 13.4. The quantitative estimate of drug-likeness (QED) is 0.800. The Morgan fingerprint density at radius 2 is 1.94 bits per heavy atom. The van der Waals surface area contributed by atoms with Crippen molar-refractivity contribution in [3.63, 3.8) is 0 Å². The average molecular weight is 279 g/mol. The van der Waals surface area contributed by atoms with Crippen molar-refractivity contribution < 1.29 is 4.79 Å². The van der Waals surface area contributed by atoms with Crippen molar-refractivity contribution in [2.75, 3.05) is 19.6 Å². The van der Waals surface area contributed by atoms with Gasteiger partial charge in [0.2, 0.25) is 5.91 Å². The second kappa shape index (κ2) is 4.60. The Morgan fingerprint density at radius 3 is 2.41 bits per heavy atom. The van der Waals surface area contributed by atoms with Crippen LogP contribution in [0.4, 0.5) is 0 Å². The highest BCUT2D eigenvalue weighted by Crippen LogP contribution is 2.63. The fourth-order valence-electron chi connectivity index (χ4n) is 2.39. The minimum atomic E-state index is -0.867. The number of nitrogens with zero attached hydrogens (tertiary/aromatic N) is 1. The van der Waals surface area contributed by atoms with E-state index < -0.39 is 9.75 Å². The lowest BCUT2D eigenvalue weighted by Gasteiger charge is -2.24. The number of amides is 1. The van der Waals surface area contributed by atoms with E-state index in [1.54, 1.807) is 0 Å². The van der Waals surface area contributed by atoms with E-state index in [1.165, 1.54) is 12.8 Å². The molecular formula is C12H20Cl2N2O. The molecule has 0 bridgehead atoms. The number of halogens is 2. The number of rotatable bonds is 4. The first-order valence-electron chi connectivity index (χ1n) is 6.27. The van der Waals surface area contributed by atoms with Crippen molar-refractivity contribution in [2.45, 2.75) is 43.5 Å². The van der Waals surface area contributed by atoms with Crippen LogP contribution < -0.4 is 5.32 Å². The number of alkyl halides is 2. The van der Waals surface area contributed by atoms with E-state index in [1.807, 2.05) is 6.92 Å². The Hall–Kier alpha value is 0.01000. The fourth-order valence-corrected chi connectivity index (χ4v) is 3.10. The van der Waals surface area contributed by atoms with Gasteiger partial charge in [0.25, 0.3) is 0 Å². The fraction of sp³-hybridized carbons (Fsp3) is 0.917. The molecule has 2 rings (SSSR count). The molecule has 1 saturated carbocycles. The molecule has 98 valence electrons. The molecule has 1 saturated heterocycles. The Balaban J connectivity index is 1.77. The van der Waals surface area contributed by atoms with Crippen molar-refractivity contribution in [2.24, 2.45) is 5.41 Å². The lowest BCUT2D eigenvalue weighted by Crippen LogP contribution is -2.43. The Bertz CT molecular complexity index is 316. The maximum absolute atomic E-state index is 12.0. The van der Waals surface area contributed by atoms with Crippen LogP contribution in [0.15, 0.2) is 0 Å². The smallest absolute Gasteiger partial charge is 0.229 e. The van der Waals surface area contributed by atoms with Gasteiger partial charge in [-0.05, 0) is 46.2 Å². The number of carbonyl (C=O) groups is 1. The van der Waals surface area contributed by atoms with Crippen LogP contribution in [0, 0.1) is 5.41 Å². The van der Waals surface area contributed by atoms with Gasteiger partial charge in [-0.25, -0.2) is 0 Å². The summed E-state index contributed by atoms with van der Waals surface area (Å²) in [5, 5.41) is 2.97. The van der Waals surface area contributed by atoms with Crippen LogP contribution in [0.2, 0.25) is 0 Å². The van der Waals surface area contributed by atoms with Gasteiger partial charge in [-0.3, -0.25) is 9.69 Å². The van der Waals surface area contributed by atoms with E-state index in [4.69, 9.17) is 23.2 Å². The van der Waals surface area contributed by atoms with E-state index in [2.05, 4.69) is 17.1 Å². The molecule has 1 aliphatic heterocycles. The van der Waals surface area contributed by atoms with Gasteiger partial charge < -0.3 is 5.32 Å². The largest absolute Gasteiger partial charge is 0.354 e. The third-order valence-electron chi connectivity index (χ3n) is 4.08. The first-order chi connectivity index (χ1) is 7.87. The Kier molecular flexibility index (Phi) is 3.64. The number of carbonyl (C=O) groups excluding carboxylic acids is 1. The molecule has 1 amide bonds. The topological polar surface area (TPSA) is 32.3 Å². The summed E-state index contributed by atoms with van der Waals surface area (Å²) in [6.07, 6.45) is 3.08. The molecule has 1 aliphatic carbocycles. The Labute approximate surface area is 113 Å². The van der Waals surface area contributed by atoms with E-state index in [9.17, 15) is 4.79 Å². The van der Waals surface area contributed by atoms with Crippen molar-refractivity contribution in [1.29, 1.82) is 0 Å². The summed E-state index contributed by atoms with van der Waals surface area (Å²) < 4.78 is -0.867. The van der Waals surface area contributed by atoms with Gasteiger partial charge in [-0.15, -0.1) is 23.2 Å². The highest BCUT2D eigenvalue weighted by Gasteiger charge is 2.67. The van der Waals surface area contributed by atoms with Crippen molar-refractivity contribution in [3.05, 3.63) is 0 Å². The summed E-state index contributed by atoms with van der Waals surface area (Å²) in [5.41, 5.74) is -0.596. The zero-order valence-electron chi connectivity index (χ0n) is 10.4. The molecule has 0 radical (unpaired) electrons. The van der Waals surface area contributed by atoms with Gasteiger partial charge in [0, 0.05) is 12.6 Å². The van der Waals surface area contributed by atoms with Crippen molar-refractivity contribution in [1.82, 2.24) is 10.2 Å². The Morgan fingerprint density at radius 1 is 1.41 bits per heavy atom. The van der Waals surface area contributed by atoms with Crippen molar-refractivity contribution in [3.8, 4) is 0 Å². The molecule has 2 aliphatic rings. The zero-order chi connectivity index (χ0) is 12.7. The van der Waals surface area contributed by atoms with Gasteiger partial charge in [-0.1, -0.05) is 0 Å². The van der Waals surface area contributed by atoms with Gasteiger partial charge in [0.15, 0.2) is 0 Å². The molecule has 2 unspecified atom stereocenters. The standard InChI is InChI=1S/C12H20Cl2N2O/c1-9(16-5-3-4-6-16)7-15-10(17)11(2)8-12(11,13)14/h9H,3-8H2,1-2H3,(H,15,17). The summed E-state index contributed by atoms with van der Waals surface area (Å²) >= 11 is 12.0. The number of nitrogens with one attached hydrogen (secondary N) is 1. The highest BCUT2D eigenvalue weighted by molar-refractivity contribution is 6.53. The molecule has 0 aromatic heterocycles. The second-order valence-electron chi connectivity index (χ2n) is 5.52. The maximum Gasteiger partial charge on any atom is 0.229 e. The van der Waals surface area contributed by atoms with Crippen LogP contribution in [0.1, 0.15) is 33.1 Å². The zero-order valence-corrected chi connectivity index (χ0v) is 11.9. The minimum absolute atomic E-state index is 0.0199. The summed E-state index contributed by atoms with van der Waals surface area (Å²) in [6, 6.07) is 0.392. The summed E-state index contributed by atoms with van der Waals surface area (Å²) in [6.45, 7) is 6.93. The monoisotopic (exact) mass is 278 g/mol. The summed E-state index contributed by atoms with van der Waals surface area (Å²) in [4.78, 5) is 14.4. The van der Waals surface area contributed by atoms with Gasteiger partial charge in [0.1, 0.15) is 4.33 Å². The molecule has 0 aromatic carbocycles. The van der Waals surface area contributed by atoms with Crippen LogP contribution in [0.25, 0.3) is 0 Å². The normalized spacial score (nSPS) is 33.4. The third kappa shape index (κ3) is 2.56. The lowest BCUT2D eigenvalue weighted by molar-refractivity contribution is -0.126. The van der Waals surface area contributed by atoms with Crippen molar-refractivity contribution >= 4 is 29.1 Å². The minimum Gasteiger partial charge on any atom is -0.354 e. The number of likely N-dealkylation sites (tertiary alicyclic amines) is 1. The molecule has 0 aromatic rings. The van der Waals surface area contributed by atoms with Crippen LogP contribution in [0.3, 0.4) is 0 Å². The molecular weight excluding hydrogens is 259 g/mol. The van der Waals surface area contributed by atoms with E-state index in [-0.39, 0.29) is 5.91 Å². The highest BCUT2D eigenvalue weighted by atomic mass is 35.5. The SMILES string of the molecule is CC(CNC(=O)C1(C)CC1(Cl)Cl)N1CCCC1. The molecule has 1 N–H and O–H groups in total. The van der Waals surface area contributed by atoms with Crippen LogP contribution in [-0.4, -0.2) is 40.8 Å². The van der Waals surface area contributed by atoms with Gasteiger partial charge >= 0.3 is 0 Å². The van der Waals surface area contributed by atoms with Crippen LogP contribution in [0.5, 0.6) is 0 Å². The molecule has 17 heavy (non-hydrogen) atoms. The predicted octanol–water partition coefficient (Wildman–Crippen LogP) is 2.17. The van der Waals surface area contributed by atoms with Crippen LogP contribution in [-0.2, 0) is 4.79 Å². The van der Waals surface area contributed by atoms with E-state index in [0.29, 0.717) is 19.0 Å². The molecule has 5 heteroatoms. The predicted molar refractivity (Wildman–Crippen MR) is 70.4 cm³/mol. The maximum atomic E-state index is 12.0. The lowest BCUT2D eigenvalue weighted by atomic mass is 10.1.